The van der Waals surface area contributed by atoms with E-state index < -0.39 is 0 Å². The van der Waals surface area contributed by atoms with Crippen molar-refractivity contribution in [1.82, 2.24) is 0 Å². The zero-order valence-corrected chi connectivity index (χ0v) is 9.39. The largest absolute Gasteiger partial charge is 0.207 e. The number of rotatable bonds is 4. The molecule has 0 N–H and O–H groups in total. The fraction of sp³-hybridized carbons (Fsp3) is 0.500. The molecule has 0 radical (unpaired) electrons. The fourth-order valence-electron chi connectivity index (χ4n) is 1.62. The summed E-state index contributed by atoms with van der Waals surface area (Å²) in [6.07, 6.45) is 1.01. The second-order valence-electron chi connectivity index (χ2n) is 4.04. The number of alkyl halides is 1. The highest BCUT2D eigenvalue weighted by Crippen LogP contribution is 2.25. The number of benzene rings is 1. The SMILES string of the molecule is CC(C)CC(CCl)c1cccc(F)c1. The van der Waals surface area contributed by atoms with E-state index in [0.29, 0.717) is 11.8 Å². The van der Waals surface area contributed by atoms with Crippen LogP contribution in [-0.2, 0) is 0 Å². The van der Waals surface area contributed by atoms with Crippen LogP contribution in [0.2, 0.25) is 0 Å². The first-order valence-corrected chi connectivity index (χ1v) is 5.48. The van der Waals surface area contributed by atoms with Crippen LogP contribution in [0.25, 0.3) is 0 Å². The van der Waals surface area contributed by atoms with E-state index in [1.165, 1.54) is 6.07 Å². The maximum absolute atomic E-state index is 13.0. The van der Waals surface area contributed by atoms with E-state index in [9.17, 15) is 4.39 Å². The third-order valence-electron chi connectivity index (χ3n) is 2.26. The number of hydrogen-bond donors (Lipinski definition) is 0. The lowest BCUT2D eigenvalue weighted by molar-refractivity contribution is 0.523. The molecular weight excluding hydrogens is 199 g/mol. The Morgan fingerprint density at radius 1 is 1.36 bits per heavy atom. The van der Waals surface area contributed by atoms with E-state index in [1.807, 2.05) is 6.07 Å². The normalized spacial score (nSPS) is 13.2. The van der Waals surface area contributed by atoms with Crippen LogP contribution in [-0.4, -0.2) is 5.88 Å². The van der Waals surface area contributed by atoms with Crippen molar-refractivity contribution in [2.75, 3.05) is 5.88 Å². The van der Waals surface area contributed by atoms with Gasteiger partial charge >= 0.3 is 0 Å². The summed E-state index contributed by atoms with van der Waals surface area (Å²) in [6.45, 7) is 4.30. The van der Waals surface area contributed by atoms with Gasteiger partial charge < -0.3 is 0 Å². The zero-order chi connectivity index (χ0) is 10.6. The highest BCUT2D eigenvalue weighted by Gasteiger charge is 2.12. The standard InChI is InChI=1S/C12H16ClF/c1-9(2)6-11(8-13)10-4-3-5-12(14)7-10/h3-5,7,9,11H,6,8H2,1-2H3. The van der Waals surface area contributed by atoms with E-state index in [2.05, 4.69) is 13.8 Å². The molecule has 1 atom stereocenters. The molecule has 0 nitrogen and oxygen atoms in total. The minimum atomic E-state index is -0.179. The molecule has 0 amide bonds. The predicted octanol–water partition coefficient (Wildman–Crippen LogP) is 4.19. The van der Waals surface area contributed by atoms with E-state index >= 15 is 0 Å². The van der Waals surface area contributed by atoms with Crippen LogP contribution in [0.4, 0.5) is 4.39 Å². The molecule has 0 saturated heterocycles. The summed E-state index contributed by atoms with van der Waals surface area (Å²) < 4.78 is 13.0. The third-order valence-corrected chi connectivity index (χ3v) is 2.63. The zero-order valence-electron chi connectivity index (χ0n) is 8.63. The first kappa shape index (κ1) is 11.5. The minimum absolute atomic E-state index is 0.179. The molecule has 1 unspecified atom stereocenters. The van der Waals surface area contributed by atoms with Gasteiger partial charge in [-0.05, 0) is 36.0 Å². The molecule has 0 bridgehead atoms. The van der Waals surface area contributed by atoms with E-state index in [0.717, 1.165) is 12.0 Å². The lowest BCUT2D eigenvalue weighted by Gasteiger charge is -2.16. The van der Waals surface area contributed by atoms with Gasteiger partial charge in [-0.3, -0.25) is 0 Å². The molecule has 0 fully saturated rings. The molecular formula is C12H16ClF. The molecule has 1 rings (SSSR count). The summed E-state index contributed by atoms with van der Waals surface area (Å²) in [6, 6.07) is 6.72. The molecule has 2 heteroatoms. The third kappa shape index (κ3) is 3.30. The molecule has 0 aromatic heterocycles. The Bertz CT molecular complexity index is 283. The topological polar surface area (TPSA) is 0 Å². The molecule has 0 saturated carbocycles. The Balaban J connectivity index is 2.78. The molecule has 0 aliphatic heterocycles. The quantitative estimate of drug-likeness (QED) is 0.660. The van der Waals surface area contributed by atoms with Gasteiger partial charge in [-0.2, -0.15) is 0 Å². The summed E-state index contributed by atoms with van der Waals surface area (Å²) in [4.78, 5) is 0. The summed E-state index contributed by atoms with van der Waals surface area (Å²) in [7, 11) is 0. The van der Waals surface area contributed by atoms with Gasteiger partial charge in [0.1, 0.15) is 5.82 Å². The van der Waals surface area contributed by atoms with E-state index in [-0.39, 0.29) is 11.7 Å². The molecule has 78 valence electrons. The maximum atomic E-state index is 13.0. The lowest BCUT2D eigenvalue weighted by Crippen LogP contribution is -2.04. The van der Waals surface area contributed by atoms with Crippen LogP contribution in [0, 0.1) is 11.7 Å². The van der Waals surface area contributed by atoms with Crippen molar-refractivity contribution in [3.05, 3.63) is 35.6 Å². The van der Waals surface area contributed by atoms with Crippen LogP contribution >= 0.6 is 11.6 Å². The van der Waals surface area contributed by atoms with E-state index in [1.54, 1.807) is 12.1 Å². The van der Waals surface area contributed by atoms with Crippen molar-refractivity contribution < 1.29 is 4.39 Å². The van der Waals surface area contributed by atoms with Crippen molar-refractivity contribution in [1.29, 1.82) is 0 Å². The number of halogens is 2. The van der Waals surface area contributed by atoms with Crippen molar-refractivity contribution in [3.8, 4) is 0 Å². The Labute approximate surface area is 90.1 Å². The van der Waals surface area contributed by atoms with E-state index in [4.69, 9.17) is 11.6 Å². The van der Waals surface area contributed by atoms with Gasteiger partial charge in [-0.15, -0.1) is 11.6 Å². The van der Waals surface area contributed by atoms with Gasteiger partial charge in [0.15, 0.2) is 0 Å². The van der Waals surface area contributed by atoms with Crippen LogP contribution < -0.4 is 0 Å². The van der Waals surface area contributed by atoms with Gasteiger partial charge in [-0.25, -0.2) is 4.39 Å². The molecule has 0 aliphatic carbocycles. The Kier molecular flexibility index (Phi) is 4.40. The highest BCUT2D eigenvalue weighted by atomic mass is 35.5. The predicted molar refractivity (Wildman–Crippen MR) is 59.3 cm³/mol. The van der Waals surface area contributed by atoms with Gasteiger partial charge in [0.2, 0.25) is 0 Å². The fourth-order valence-corrected chi connectivity index (χ4v) is 1.92. The van der Waals surface area contributed by atoms with Gasteiger partial charge in [-0.1, -0.05) is 26.0 Å². The van der Waals surface area contributed by atoms with Crippen LogP contribution in [0.1, 0.15) is 31.7 Å². The molecule has 0 heterocycles. The summed E-state index contributed by atoms with van der Waals surface area (Å²) in [5.74, 6) is 1.23. The molecule has 14 heavy (non-hydrogen) atoms. The maximum Gasteiger partial charge on any atom is 0.123 e. The molecule has 1 aromatic rings. The van der Waals surface area contributed by atoms with Gasteiger partial charge in [0.25, 0.3) is 0 Å². The average molecular weight is 215 g/mol. The number of hydrogen-bond acceptors (Lipinski definition) is 0. The van der Waals surface area contributed by atoms with Crippen LogP contribution in [0.15, 0.2) is 24.3 Å². The van der Waals surface area contributed by atoms with Gasteiger partial charge in [0, 0.05) is 5.88 Å². The second-order valence-corrected chi connectivity index (χ2v) is 4.34. The van der Waals surface area contributed by atoms with Crippen molar-refractivity contribution in [3.63, 3.8) is 0 Å². The molecule has 1 aromatic carbocycles. The first-order valence-electron chi connectivity index (χ1n) is 4.95. The summed E-state index contributed by atoms with van der Waals surface area (Å²) in [5, 5.41) is 0. The molecule has 0 aliphatic rings. The minimum Gasteiger partial charge on any atom is -0.207 e. The highest BCUT2D eigenvalue weighted by molar-refractivity contribution is 6.18. The summed E-state index contributed by atoms with van der Waals surface area (Å²) >= 11 is 5.88. The first-order chi connectivity index (χ1) is 6.63. The van der Waals surface area contributed by atoms with Crippen molar-refractivity contribution >= 4 is 11.6 Å². The smallest absolute Gasteiger partial charge is 0.123 e. The van der Waals surface area contributed by atoms with Crippen LogP contribution in [0.5, 0.6) is 0 Å². The molecule has 0 spiro atoms. The lowest BCUT2D eigenvalue weighted by atomic mass is 9.92. The monoisotopic (exact) mass is 214 g/mol. The Morgan fingerprint density at radius 3 is 2.57 bits per heavy atom. The average Bonchev–Trinajstić information content (AvgIpc) is 2.14. The van der Waals surface area contributed by atoms with Crippen LogP contribution in [0.3, 0.4) is 0 Å². The second kappa shape index (κ2) is 5.35. The Hall–Kier alpha value is -0.560. The van der Waals surface area contributed by atoms with Gasteiger partial charge in [0.05, 0.1) is 0 Å². The Morgan fingerprint density at radius 2 is 2.07 bits per heavy atom. The van der Waals surface area contributed by atoms with Crippen molar-refractivity contribution in [2.24, 2.45) is 5.92 Å². The summed E-state index contributed by atoms with van der Waals surface area (Å²) in [5.41, 5.74) is 1.01. The van der Waals surface area contributed by atoms with Crippen molar-refractivity contribution in [2.45, 2.75) is 26.2 Å².